The van der Waals surface area contributed by atoms with Gasteiger partial charge in [-0.25, -0.2) is 4.79 Å². The first-order valence-electron chi connectivity index (χ1n) is 4.55. The minimum Gasteiger partial charge on any atom is -0.434 e. The fourth-order valence-electron chi connectivity index (χ4n) is 1.38. The molecule has 0 aliphatic carbocycles. The number of carbonyl (C=O) groups excluding carboxylic acids is 1. The van der Waals surface area contributed by atoms with Crippen LogP contribution in [0.1, 0.15) is 33.6 Å². The minimum absolute atomic E-state index is 0.230. The van der Waals surface area contributed by atoms with Crippen LogP contribution in [0.2, 0.25) is 0 Å². The lowest BCUT2D eigenvalue weighted by atomic mass is 10.0. The fourth-order valence-corrected chi connectivity index (χ4v) is 1.38. The Morgan fingerprint density at radius 2 is 2.00 bits per heavy atom. The number of esters is 1. The van der Waals surface area contributed by atoms with Crippen molar-refractivity contribution in [3.8, 4) is 0 Å². The highest BCUT2D eigenvalue weighted by molar-refractivity contribution is 5.75. The smallest absolute Gasteiger partial charge is 0.337 e. The third kappa shape index (κ3) is 1.78. The van der Waals surface area contributed by atoms with Gasteiger partial charge in [0.2, 0.25) is 6.29 Å². The zero-order valence-electron chi connectivity index (χ0n) is 7.87. The van der Waals surface area contributed by atoms with Gasteiger partial charge in [0.05, 0.1) is 0 Å². The van der Waals surface area contributed by atoms with Crippen molar-refractivity contribution in [1.82, 2.24) is 0 Å². The van der Waals surface area contributed by atoms with Crippen molar-refractivity contribution in [2.75, 3.05) is 0 Å². The number of hydrogen-bond acceptors (Lipinski definition) is 3. The monoisotopic (exact) mass is 172 g/mol. The Morgan fingerprint density at radius 1 is 1.42 bits per heavy atom. The van der Waals surface area contributed by atoms with Crippen molar-refractivity contribution >= 4 is 5.97 Å². The molecule has 0 aromatic heterocycles. The van der Waals surface area contributed by atoms with E-state index in [1.807, 2.05) is 0 Å². The van der Waals surface area contributed by atoms with Crippen molar-refractivity contribution in [3.63, 3.8) is 0 Å². The van der Waals surface area contributed by atoms with Crippen LogP contribution in [0.15, 0.2) is 0 Å². The standard InChI is InChI=1S/C9H16O3/c1-4-7(5-2)9-11-6(3)8(10)12-9/h6-7,9H,4-5H2,1-3H3/t6-,9+/m1/s1. The van der Waals surface area contributed by atoms with Gasteiger partial charge in [0, 0.05) is 5.92 Å². The second kappa shape index (κ2) is 3.90. The predicted molar refractivity (Wildman–Crippen MR) is 44.5 cm³/mol. The van der Waals surface area contributed by atoms with Gasteiger partial charge in [0.25, 0.3) is 0 Å². The van der Waals surface area contributed by atoms with E-state index in [1.54, 1.807) is 6.92 Å². The third-order valence-electron chi connectivity index (χ3n) is 2.34. The molecule has 1 fully saturated rings. The molecule has 0 amide bonds. The Bertz CT molecular complexity index is 163. The molecule has 3 heteroatoms. The Balaban J connectivity index is 2.49. The molecule has 1 saturated heterocycles. The van der Waals surface area contributed by atoms with Crippen LogP contribution in [-0.4, -0.2) is 18.4 Å². The van der Waals surface area contributed by atoms with Crippen LogP contribution in [0.3, 0.4) is 0 Å². The van der Waals surface area contributed by atoms with E-state index in [2.05, 4.69) is 13.8 Å². The number of ether oxygens (including phenoxy) is 2. The molecule has 1 aliphatic rings. The first-order valence-corrected chi connectivity index (χ1v) is 4.55. The molecule has 0 unspecified atom stereocenters. The molecular formula is C9H16O3. The van der Waals surface area contributed by atoms with Crippen LogP contribution in [0.5, 0.6) is 0 Å². The lowest BCUT2D eigenvalue weighted by Gasteiger charge is -2.17. The molecule has 0 N–H and O–H groups in total. The minimum atomic E-state index is -0.379. The third-order valence-corrected chi connectivity index (χ3v) is 2.34. The fraction of sp³-hybridized carbons (Fsp3) is 0.889. The molecule has 70 valence electrons. The van der Waals surface area contributed by atoms with Gasteiger partial charge in [0.15, 0.2) is 6.10 Å². The number of rotatable bonds is 3. The Labute approximate surface area is 73.0 Å². The normalized spacial score (nSPS) is 29.5. The van der Waals surface area contributed by atoms with E-state index in [0.717, 1.165) is 12.8 Å². The van der Waals surface area contributed by atoms with Crippen molar-refractivity contribution in [3.05, 3.63) is 0 Å². The largest absolute Gasteiger partial charge is 0.434 e. The summed E-state index contributed by atoms with van der Waals surface area (Å²) in [6.07, 6.45) is 1.29. The Kier molecular flexibility index (Phi) is 3.09. The molecule has 0 aromatic rings. The topological polar surface area (TPSA) is 35.5 Å². The molecule has 0 aromatic carbocycles. The maximum atomic E-state index is 11.0. The molecule has 0 bridgehead atoms. The van der Waals surface area contributed by atoms with Crippen LogP contribution in [0.25, 0.3) is 0 Å². The Hall–Kier alpha value is -0.570. The van der Waals surface area contributed by atoms with E-state index in [1.165, 1.54) is 0 Å². The molecule has 0 spiro atoms. The molecule has 0 saturated carbocycles. The lowest BCUT2D eigenvalue weighted by Crippen LogP contribution is -2.20. The SMILES string of the molecule is CCC(CC)[C@@H]1OC(=O)[C@@H](C)O1. The number of carbonyl (C=O) groups is 1. The van der Waals surface area contributed by atoms with Gasteiger partial charge in [-0.1, -0.05) is 13.8 Å². The lowest BCUT2D eigenvalue weighted by molar-refractivity contribution is -0.148. The van der Waals surface area contributed by atoms with Crippen LogP contribution < -0.4 is 0 Å². The van der Waals surface area contributed by atoms with E-state index >= 15 is 0 Å². The van der Waals surface area contributed by atoms with E-state index < -0.39 is 0 Å². The summed E-state index contributed by atoms with van der Waals surface area (Å²) in [4.78, 5) is 11.0. The highest BCUT2D eigenvalue weighted by Crippen LogP contribution is 2.24. The van der Waals surface area contributed by atoms with Gasteiger partial charge in [-0.3, -0.25) is 0 Å². The van der Waals surface area contributed by atoms with E-state index in [4.69, 9.17) is 9.47 Å². The van der Waals surface area contributed by atoms with Gasteiger partial charge in [-0.05, 0) is 19.8 Å². The average molecular weight is 172 g/mol. The summed E-state index contributed by atoms with van der Waals surface area (Å²) in [7, 11) is 0. The quantitative estimate of drug-likeness (QED) is 0.608. The van der Waals surface area contributed by atoms with Gasteiger partial charge < -0.3 is 9.47 Å². The summed E-state index contributed by atoms with van der Waals surface area (Å²) >= 11 is 0. The highest BCUT2D eigenvalue weighted by Gasteiger charge is 2.35. The first kappa shape index (κ1) is 9.52. The summed E-state index contributed by atoms with van der Waals surface area (Å²) in [5.41, 5.74) is 0. The highest BCUT2D eigenvalue weighted by atomic mass is 16.8. The molecule has 1 aliphatic heterocycles. The van der Waals surface area contributed by atoms with Crippen molar-refractivity contribution in [2.24, 2.45) is 5.92 Å². The summed E-state index contributed by atoms with van der Waals surface area (Å²) in [5, 5.41) is 0. The van der Waals surface area contributed by atoms with Crippen molar-refractivity contribution in [2.45, 2.75) is 46.0 Å². The summed E-state index contributed by atoms with van der Waals surface area (Å²) in [6.45, 7) is 5.88. The predicted octanol–water partition coefficient (Wildman–Crippen LogP) is 1.71. The van der Waals surface area contributed by atoms with Gasteiger partial charge in [0.1, 0.15) is 0 Å². The second-order valence-electron chi connectivity index (χ2n) is 3.16. The zero-order chi connectivity index (χ0) is 9.14. The molecule has 12 heavy (non-hydrogen) atoms. The maximum Gasteiger partial charge on any atom is 0.337 e. The van der Waals surface area contributed by atoms with Crippen LogP contribution in [0, 0.1) is 5.92 Å². The number of cyclic esters (lactones) is 1. The molecule has 1 heterocycles. The molecular weight excluding hydrogens is 156 g/mol. The maximum absolute atomic E-state index is 11.0. The van der Waals surface area contributed by atoms with Gasteiger partial charge >= 0.3 is 5.97 Å². The van der Waals surface area contributed by atoms with Crippen LogP contribution in [0.4, 0.5) is 0 Å². The first-order chi connectivity index (χ1) is 5.69. The molecule has 2 atom stereocenters. The second-order valence-corrected chi connectivity index (χ2v) is 3.16. The summed E-state index contributed by atoms with van der Waals surface area (Å²) in [5.74, 6) is 0.116. The molecule has 3 nitrogen and oxygen atoms in total. The summed E-state index contributed by atoms with van der Waals surface area (Å²) in [6, 6.07) is 0. The average Bonchev–Trinajstić information content (AvgIpc) is 2.35. The van der Waals surface area contributed by atoms with Gasteiger partial charge in [-0.2, -0.15) is 0 Å². The summed E-state index contributed by atoms with van der Waals surface area (Å²) < 4.78 is 10.4. The number of hydrogen-bond donors (Lipinski definition) is 0. The van der Waals surface area contributed by atoms with Crippen molar-refractivity contribution in [1.29, 1.82) is 0 Å². The van der Waals surface area contributed by atoms with Crippen molar-refractivity contribution < 1.29 is 14.3 Å². The van der Waals surface area contributed by atoms with Crippen LogP contribution in [-0.2, 0) is 14.3 Å². The molecule has 1 rings (SSSR count). The van der Waals surface area contributed by atoms with Crippen LogP contribution >= 0.6 is 0 Å². The zero-order valence-corrected chi connectivity index (χ0v) is 7.87. The van der Waals surface area contributed by atoms with E-state index in [0.29, 0.717) is 5.92 Å². The van der Waals surface area contributed by atoms with E-state index in [-0.39, 0.29) is 18.4 Å². The van der Waals surface area contributed by atoms with Gasteiger partial charge in [-0.15, -0.1) is 0 Å². The Morgan fingerprint density at radius 3 is 2.33 bits per heavy atom. The van der Waals surface area contributed by atoms with E-state index in [9.17, 15) is 4.79 Å². The molecule has 0 radical (unpaired) electrons.